The molecule has 1 aromatic heterocycles. The predicted molar refractivity (Wildman–Crippen MR) is 111 cm³/mol. The number of piperazine rings is 1. The van der Waals surface area contributed by atoms with Crippen molar-refractivity contribution in [2.45, 2.75) is 6.42 Å². The molecular formula is C19H23N5O4S. The summed E-state index contributed by atoms with van der Waals surface area (Å²) < 4.78 is 0. The fourth-order valence-electron chi connectivity index (χ4n) is 3.20. The molecule has 0 radical (unpaired) electrons. The van der Waals surface area contributed by atoms with Crippen molar-refractivity contribution >= 4 is 34.6 Å². The van der Waals surface area contributed by atoms with Crippen LogP contribution in [0, 0.1) is 10.1 Å². The Morgan fingerprint density at radius 1 is 1.10 bits per heavy atom. The van der Waals surface area contributed by atoms with Gasteiger partial charge in [0, 0.05) is 43.7 Å². The summed E-state index contributed by atoms with van der Waals surface area (Å²) in [6, 6.07) is 10.1. The number of amides is 3. The van der Waals surface area contributed by atoms with Crippen molar-refractivity contribution in [3.05, 3.63) is 56.8 Å². The van der Waals surface area contributed by atoms with Gasteiger partial charge in [0.15, 0.2) is 0 Å². The van der Waals surface area contributed by atoms with Gasteiger partial charge in [-0.2, -0.15) is 0 Å². The van der Waals surface area contributed by atoms with Crippen LogP contribution in [0.1, 0.15) is 4.88 Å². The van der Waals surface area contributed by atoms with Gasteiger partial charge in [0.2, 0.25) is 5.91 Å². The zero-order valence-electron chi connectivity index (χ0n) is 15.9. The highest BCUT2D eigenvalue weighted by atomic mass is 32.1. The van der Waals surface area contributed by atoms with Crippen LogP contribution in [-0.4, -0.2) is 61.0 Å². The monoisotopic (exact) mass is 417 g/mol. The number of rotatable bonds is 7. The van der Waals surface area contributed by atoms with Crippen LogP contribution in [0.25, 0.3) is 0 Å². The SMILES string of the molecule is O=C(CN1CCN(c2ccccc2[N+](=O)[O-])CC1)NC(=O)NCCc1cccs1. The van der Waals surface area contributed by atoms with E-state index >= 15 is 0 Å². The molecule has 3 rings (SSSR count). The maximum absolute atomic E-state index is 12.1. The number of para-hydroxylation sites is 2. The highest BCUT2D eigenvalue weighted by molar-refractivity contribution is 7.09. The molecule has 0 aliphatic carbocycles. The van der Waals surface area contributed by atoms with Gasteiger partial charge in [-0.15, -0.1) is 11.3 Å². The maximum Gasteiger partial charge on any atom is 0.321 e. The van der Waals surface area contributed by atoms with E-state index in [0.717, 1.165) is 6.42 Å². The van der Waals surface area contributed by atoms with Crippen LogP contribution in [-0.2, 0) is 11.2 Å². The van der Waals surface area contributed by atoms with Crippen molar-refractivity contribution in [2.24, 2.45) is 0 Å². The first-order valence-electron chi connectivity index (χ1n) is 9.33. The van der Waals surface area contributed by atoms with Crippen LogP contribution in [0.3, 0.4) is 0 Å². The summed E-state index contributed by atoms with van der Waals surface area (Å²) in [5.74, 6) is -0.363. The Hall–Kier alpha value is -2.98. The Balaban J connectivity index is 1.39. The van der Waals surface area contributed by atoms with Crippen LogP contribution in [0.5, 0.6) is 0 Å². The van der Waals surface area contributed by atoms with Gasteiger partial charge in [0.05, 0.1) is 11.5 Å². The molecule has 1 aliphatic heterocycles. The number of benzene rings is 1. The van der Waals surface area contributed by atoms with Crippen molar-refractivity contribution in [1.29, 1.82) is 0 Å². The summed E-state index contributed by atoms with van der Waals surface area (Å²) in [6.45, 7) is 2.90. The smallest absolute Gasteiger partial charge is 0.321 e. The van der Waals surface area contributed by atoms with E-state index in [4.69, 9.17) is 0 Å². The molecule has 1 saturated heterocycles. The number of nitro groups is 1. The normalized spacial score (nSPS) is 14.4. The van der Waals surface area contributed by atoms with E-state index in [0.29, 0.717) is 38.4 Å². The van der Waals surface area contributed by atoms with Crippen LogP contribution in [0.15, 0.2) is 41.8 Å². The summed E-state index contributed by atoms with van der Waals surface area (Å²) in [5.41, 5.74) is 0.671. The van der Waals surface area contributed by atoms with Crippen LogP contribution in [0.4, 0.5) is 16.2 Å². The number of anilines is 1. The third-order valence-corrected chi connectivity index (χ3v) is 5.58. The standard InChI is InChI=1S/C19H23N5O4S/c25-18(21-19(26)20-8-7-15-4-3-13-29-15)14-22-9-11-23(12-10-22)16-5-1-2-6-17(16)24(27)28/h1-6,13H,7-12,14H2,(H2,20,21,25,26). The number of thiophene rings is 1. The highest BCUT2D eigenvalue weighted by Crippen LogP contribution is 2.28. The molecule has 9 nitrogen and oxygen atoms in total. The van der Waals surface area contributed by atoms with Crippen LogP contribution >= 0.6 is 11.3 Å². The van der Waals surface area contributed by atoms with Crippen molar-refractivity contribution in [3.63, 3.8) is 0 Å². The average molecular weight is 417 g/mol. The van der Waals surface area contributed by atoms with E-state index in [2.05, 4.69) is 10.6 Å². The number of imide groups is 1. The van der Waals surface area contributed by atoms with E-state index in [1.807, 2.05) is 27.3 Å². The van der Waals surface area contributed by atoms with Crippen LogP contribution in [0.2, 0.25) is 0 Å². The summed E-state index contributed by atoms with van der Waals surface area (Å²) in [6.07, 6.45) is 0.729. The lowest BCUT2D eigenvalue weighted by Crippen LogP contribution is -2.51. The van der Waals surface area contributed by atoms with Crippen LogP contribution < -0.4 is 15.5 Å². The minimum absolute atomic E-state index is 0.0814. The number of hydrogen-bond acceptors (Lipinski definition) is 7. The Bertz CT molecular complexity index is 850. The lowest BCUT2D eigenvalue weighted by molar-refractivity contribution is -0.384. The third kappa shape index (κ3) is 6.00. The minimum Gasteiger partial charge on any atom is -0.363 e. The topological polar surface area (TPSA) is 108 Å². The number of nitrogens with one attached hydrogen (secondary N) is 2. The van der Waals surface area contributed by atoms with E-state index < -0.39 is 6.03 Å². The second-order valence-corrected chi connectivity index (χ2v) is 7.67. The summed E-state index contributed by atoms with van der Waals surface area (Å²) in [7, 11) is 0. The summed E-state index contributed by atoms with van der Waals surface area (Å²) >= 11 is 1.63. The lowest BCUT2D eigenvalue weighted by Gasteiger charge is -2.35. The van der Waals surface area contributed by atoms with E-state index in [9.17, 15) is 19.7 Å². The molecule has 29 heavy (non-hydrogen) atoms. The quantitative estimate of drug-likeness (QED) is 0.526. The van der Waals surface area contributed by atoms with Gasteiger partial charge >= 0.3 is 6.03 Å². The molecule has 3 amide bonds. The first-order valence-corrected chi connectivity index (χ1v) is 10.2. The van der Waals surface area contributed by atoms with Gasteiger partial charge in [-0.1, -0.05) is 18.2 Å². The third-order valence-electron chi connectivity index (χ3n) is 4.65. The molecule has 1 aromatic carbocycles. The first-order chi connectivity index (χ1) is 14.0. The fourth-order valence-corrected chi connectivity index (χ4v) is 3.91. The maximum atomic E-state index is 12.1. The Morgan fingerprint density at radius 2 is 1.86 bits per heavy atom. The largest absolute Gasteiger partial charge is 0.363 e. The molecule has 1 fully saturated rings. The molecule has 2 N–H and O–H groups in total. The molecule has 2 aromatic rings. The molecular weight excluding hydrogens is 394 g/mol. The van der Waals surface area contributed by atoms with Crippen molar-refractivity contribution in [1.82, 2.24) is 15.5 Å². The summed E-state index contributed by atoms with van der Waals surface area (Å²) in [5, 5.41) is 18.2. The molecule has 0 atom stereocenters. The number of carbonyl (C=O) groups excluding carboxylic acids is 2. The fraction of sp³-hybridized carbons (Fsp3) is 0.368. The zero-order chi connectivity index (χ0) is 20.6. The second-order valence-electron chi connectivity index (χ2n) is 6.64. The molecule has 0 saturated carbocycles. The number of hydrogen-bond donors (Lipinski definition) is 2. The van der Waals surface area contributed by atoms with Gasteiger partial charge in [0.1, 0.15) is 5.69 Å². The predicted octanol–water partition coefficient (Wildman–Crippen LogP) is 1.85. The van der Waals surface area contributed by atoms with E-state index in [-0.39, 0.29) is 23.1 Å². The number of nitro benzene ring substituents is 1. The molecule has 154 valence electrons. The van der Waals surface area contributed by atoms with Crippen molar-refractivity contribution in [2.75, 3.05) is 44.2 Å². The minimum atomic E-state index is -0.495. The highest BCUT2D eigenvalue weighted by Gasteiger charge is 2.24. The van der Waals surface area contributed by atoms with E-state index in [1.54, 1.807) is 29.5 Å². The van der Waals surface area contributed by atoms with Crippen molar-refractivity contribution in [3.8, 4) is 0 Å². The lowest BCUT2D eigenvalue weighted by atomic mass is 10.2. The second kappa shape index (κ2) is 9.99. The molecule has 0 bridgehead atoms. The molecule has 2 heterocycles. The molecule has 10 heteroatoms. The Labute approximate surface area is 172 Å². The Kier molecular flexibility index (Phi) is 7.14. The summed E-state index contributed by atoms with van der Waals surface area (Å²) in [4.78, 5) is 39.8. The number of urea groups is 1. The van der Waals surface area contributed by atoms with Gasteiger partial charge in [-0.3, -0.25) is 25.1 Å². The van der Waals surface area contributed by atoms with E-state index in [1.165, 1.54) is 10.9 Å². The van der Waals surface area contributed by atoms with Gasteiger partial charge in [-0.25, -0.2) is 4.79 Å². The Morgan fingerprint density at radius 3 is 2.55 bits per heavy atom. The van der Waals surface area contributed by atoms with Gasteiger partial charge in [0.25, 0.3) is 5.69 Å². The molecule has 0 unspecified atom stereocenters. The number of carbonyl (C=O) groups is 2. The zero-order valence-corrected chi connectivity index (χ0v) is 16.7. The van der Waals surface area contributed by atoms with Crippen molar-refractivity contribution < 1.29 is 14.5 Å². The van der Waals surface area contributed by atoms with Gasteiger partial charge < -0.3 is 10.2 Å². The number of nitrogens with zero attached hydrogens (tertiary/aromatic N) is 3. The first kappa shape index (κ1) is 20.7. The molecule has 0 spiro atoms. The average Bonchev–Trinajstić information content (AvgIpc) is 3.22. The van der Waals surface area contributed by atoms with Gasteiger partial charge in [-0.05, 0) is 23.9 Å². The molecule has 1 aliphatic rings.